The van der Waals surface area contributed by atoms with Gasteiger partial charge in [0.2, 0.25) is 5.91 Å². The smallest absolute Gasteiger partial charge is 0.247 e. The zero-order valence-electron chi connectivity index (χ0n) is 17.4. The predicted octanol–water partition coefficient (Wildman–Crippen LogP) is 3.72. The van der Waals surface area contributed by atoms with Crippen molar-refractivity contribution >= 4 is 16.8 Å². The molecule has 3 N–H and O–H groups in total. The van der Waals surface area contributed by atoms with Crippen molar-refractivity contribution in [3.63, 3.8) is 0 Å². The summed E-state index contributed by atoms with van der Waals surface area (Å²) in [6.07, 6.45) is 4.83. The summed E-state index contributed by atoms with van der Waals surface area (Å²) < 4.78 is 6.03. The molecule has 6 heteroatoms. The van der Waals surface area contributed by atoms with Gasteiger partial charge in [0.1, 0.15) is 12.4 Å². The molecule has 160 valence electrons. The number of fused-ring (bicyclic) bond motifs is 1. The van der Waals surface area contributed by atoms with E-state index < -0.39 is 0 Å². The zero-order chi connectivity index (χ0) is 21.8. The molecule has 1 heterocycles. The molecule has 0 spiro atoms. The molecule has 0 bridgehead atoms. The van der Waals surface area contributed by atoms with Crippen LogP contribution in [0.1, 0.15) is 23.2 Å². The van der Waals surface area contributed by atoms with Crippen LogP contribution in [0.4, 0.5) is 0 Å². The number of aliphatic hydroxyl groups excluding tert-OH is 1. The van der Waals surface area contributed by atoms with Gasteiger partial charge < -0.3 is 9.84 Å². The monoisotopic (exact) mass is 418 g/mol. The maximum Gasteiger partial charge on any atom is 0.247 e. The molecule has 0 saturated heterocycles. The summed E-state index contributed by atoms with van der Waals surface area (Å²) in [4.78, 5) is 16.4. The van der Waals surface area contributed by atoms with Crippen LogP contribution in [0, 0.1) is 18.3 Å². The van der Waals surface area contributed by atoms with Crippen LogP contribution in [0.5, 0.6) is 5.75 Å². The fourth-order valence-corrected chi connectivity index (χ4v) is 4.24. The molecule has 3 aromatic rings. The minimum atomic E-state index is -0.387. The predicted molar refractivity (Wildman–Crippen MR) is 118 cm³/mol. The summed E-state index contributed by atoms with van der Waals surface area (Å²) in [5.41, 5.74) is 5.45. The minimum Gasteiger partial charge on any atom is -0.489 e. The second-order valence-electron chi connectivity index (χ2n) is 8.10. The van der Waals surface area contributed by atoms with Crippen molar-refractivity contribution in [3.8, 4) is 5.75 Å². The number of hydroxylamine groups is 1. The van der Waals surface area contributed by atoms with Crippen LogP contribution in [-0.2, 0) is 17.8 Å². The van der Waals surface area contributed by atoms with Gasteiger partial charge in [0, 0.05) is 22.1 Å². The van der Waals surface area contributed by atoms with Crippen molar-refractivity contribution in [2.45, 2.75) is 26.4 Å². The van der Waals surface area contributed by atoms with Crippen LogP contribution < -0.4 is 10.2 Å². The molecule has 1 saturated carbocycles. The van der Waals surface area contributed by atoms with Gasteiger partial charge in [-0.1, -0.05) is 42.5 Å². The highest BCUT2D eigenvalue weighted by molar-refractivity contribution is 5.82. The van der Waals surface area contributed by atoms with Gasteiger partial charge in [-0.15, -0.1) is 0 Å². The number of amides is 1. The van der Waals surface area contributed by atoms with Crippen LogP contribution in [-0.4, -0.2) is 27.8 Å². The van der Waals surface area contributed by atoms with Gasteiger partial charge in [-0.2, -0.15) is 0 Å². The lowest BCUT2D eigenvalue weighted by Gasteiger charge is -2.14. The molecule has 1 aromatic heterocycles. The van der Waals surface area contributed by atoms with Crippen molar-refractivity contribution in [2.75, 3.05) is 6.61 Å². The zero-order valence-corrected chi connectivity index (χ0v) is 17.4. The number of carbonyl (C=O) groups excluding carboxylic acids is 1. The van der Waals surface area contributed by atoms with E-state index in [4.69, 9.17) is 15.1 Å². The average Bonchev–Trinajstić information content (AvgIpc) is 3.50. The number of pyridine rings is 1. The number of carbonyl (C=O) groups is 1. The molecular weight excluding hydrogens is 392 g/mol. The average molecular weight is 418 g/mol. The van der Waals surface area contributed by atoms with Crippen molar-refractivity contribution in [1.29, 1.82) is 0 Å². The van der Waals surface area contributed by atoms with Gasteiger partial charge in [-0.05, 0) is 49.6 Å². The summed E-state index contributed by atoms with van der Waals surface area (Å²) in [7, 11) is 0. The quantitative estimate of drug-likeness (QED) is 0.295. The molecule has 0 aliphatic heterocycles. The fraction of sp³-hybridized carbons (Fsp3) is 0.280. The Morgan fingerprint density at radius 2 is 2.03 bits per heavy atom. The number of aryl methyl sites for hydroxylation is 1. The highest BCUT2D eigenvalue weighted by atomic mass is 16.5. The van der Waals surface area contributed by atoms with Crippen LogP contribution in [0.2, 0.25) is 0 Å². The number of ether oxygens (including phenoxy) is 1. The van der Waals surface area contributed by atoms with E-state index >= 15 is 0 Å². The van der Waals surface area contributed by atoms with Crippen LogP contribution in [0.25, 0.3) is 10.9 Å². The Balaban J connectivity index is 1.44. The number of benzene rings is 2. The van der Waals surface area contributed by atoms with E-state index in [0.717, 1.165) is 33.5 Å². The first-order chi connectivity index (χ1) is 15.0. The maximum atomic E-state index is 11.9. The molecule has 1 aliphatic rings. The number of para-hydroxylation sites is 1. The Morgan fingerprint density at radius 1 is 1.26 bits per heavy atom. The molecule has 2 atom stereocenters. The third kappa shape index (κ3) is 4.60. The van der Waals surface area contributed by atoms with Crippen molar-refractivity contribution in [3.05, 3.63) is 83.6 Å². The first-order valence-corrected chi connectivity index (χ1v) is 10.3. The number of hydrogen-bond acceptors (Lipinski definition) is 5. The lowest BCUT2D eigenvalue weighted by molar-refractivity contribution is -0.131. The minimum absolute atomic E-state index is 0.0782. The number of aromatic nitrogens is 1. The van der Waals surface area contributed by atoms with Gasteiger partial charge in [-0.3, -0.25) is 15.0 Å². The highest BCUT2D eigenvalue weighted by Crippen LogP contribution is 2.56. The van der Waals surface area contributed by atoms with E-state index in [1.807, 2.05) is 61.5 Å². The Morgan fingerprint density at radius 3 is 2.77 bits per heavy atom. The molecule has 31 heavy (non-hydrogen) atoms. The molecule has 1 unspecified atom stereocenters. The molecule has 1 fully saturated rings. The highest BCUT2D eigenvalue weighted by Gasteiger charge is 2.56. The van der Waals surface area contributed by atoms with E-state index in [-0.39, 0.29) is 23.8 Å². The van der Waals surface area contributed by atoms with E-state index in [2.05, 4.69) is 11.1 Å². The fourth-order valence-electron chi connectivity index (χ4n) is 4.24. The standard InChI is InChI=1S/C25H26N2O4/c1-17-13-19(21-5-2-3-6-23(21)26-17)16-31-20-9-7-18(8-10-20)14-25(11-4-12-28)15-22(25)24(29)27-30/h2-11,13,22,28,30H,12,14-16H2,1H3,(H,27,29)/b11-4+/t22-,25?/m1/s1. The van der Waals surface area contributed by atoms with Crippen LogP contribution in [0.15, 0.2) is 66.7 Å². The maximum absolute atomic E-state index is 11.9. The van der Waals surface area contributed by atoms with Crippen molar-refractivity contribution < 1.29 is 19.8 Å². The molecule has 0 radical (unpaired) electrons. The van der Waals surface area contributed by atoms with Crippen LogP contribution >= 0.6 is 0 Å². The van der Waals surface area contributed by atoms with Gasteiger partial charge >= 0.3 is 0 Å². The summed E-state index contributed by atoms with van der Waals surface area (Å²) >= 11 is 0. The van der Waals surface area contributed by atoms with Crippen molar-refractivity contribution in [2.24, 2.45) is 11.3 Å². The van der Waals surface area contributed by atoms with Gasteiger partial charge in [0.05, 0.1) is 18.0 Å². The SMILES string of the molecule is Cc1cc(COc2ccc(CC3(/C=C/CO)C[C@@H]3C(=O)NO)cc2)c2ccccc2n1. The van der Waals surface area contributed by atoms with Crippen LogP contribution in [0.3, 0.4) is 0 Å². The van der Waals surface area contributed by atoms with Gasteiger partial charge in [0.25, 0.3) is 0 Å². The molecular formula is C25H26N2O4. The molecule has 2 aromatic carbocycles. The van der Waals surface area contributed by atoms with E-state index in [1.165, 1.54) is 0 Å². The lowest BCUT2D eigenvalue weighted by atomic mass is 9.93. The largest absolute Gasteiger partial charge is 0.489 e. The molecule has 6 nitrogen and oxygen atoms in total. The third-order valence-electron chi connectivity index (χ3n) is 5.88. The Kier molecular flexibility index (Phi) is 6.02. The van der Waals surface area contributed by atoms with E-state index in [0.29, 0.717) is 19.4 Å². The Bertz CT molecular complexity index is 1110. The number of aliphatic hydroxyl groups is 1. The number of hydrogen-bond donors (Lipinski definition) is 3. The van der Waals surface area contributed by atoms with Gasteiger partial charge in [-0.25, -0.2) is 5.48 Å². The Hall–Kier alpha value is -3.22. The molecule has 1 amide bonds. The second kappa shape index (κ2) is 8.88. The second-order valence-corrected chi connectivity index (χ2v) is 8.10. The number of nitrogens with zero attached hydrogens (tertiary/aromatic N) is 1. The first-order valence-electron chi connectivity index (χ1n) is 10.3. The van der Waals surface area contributed by atoms with E-state index in [1.54, 1.807) is 11.6 Å². The number of allylic oxidation sites excluding steroid dienone is 1. The summed E-state index contributed by atoms with van der Waals surface area (Å²) in [6, 6.07) is 17.9. The first kappa shape index (κ1) is 21.0. The van der Waals surface area contributed by atoms with Gasteiger partial charge in [0.15, 0.2) is 0 Å². The third-order valence-corrected chi connectivity index (χ3v) is 5.88. The van der Waals surface area contributed by atoms with Crippen molar-refractivity contribution in [1.82, 2.24) is 10.5 Å². The summed E-state index contributed by atoms with van der Waals surface area (Å²) in [5.74, 6) is 0.0875. The molecule has 4 rings (SSSR count). The normalized spacial score (nSPS) is 20.2. The molecule has 1 aliphatic carbocycles. The summed E-state index contributed by atoms with van der Waals surface area (Å²) in [5, 5.41) is 19.2. The number of nitrogens with one attached hydrogen (secondary N) is 1. The lowest BCUT2D eigenvalue weighted by Crippen LogP contribution is -2.24. The summed E-state index contributed by atoms with van der Waals surface area (Å²) in [6.45, 7) is 2.35. The van der Waals surface area contributed by atoms with E-state index in [9.17, 15) is 4.79 Å². The Labute approximate surface area is 181 Å². The number of rotatable bonds is 8. The topological polar surface area (TPSA) is 91.7 Å².